The Bertz CT molecular complexity index is 586. The zero-order valence-electron chi connectivity index (χ0n) is 12.3. The van der Waals surface area contributed by atoms with E-state index in [0.29, 0.717) is 25.1 Å². The maximum absolute atomic E-state index is 12.0. The molecule has 1 saturated heterocycles. The third-order valence-corrected chi connectivity index (χ3v) is 6.94. The third-order valence-electron chi connectivity index (χ3n) is 5.04. The molecule has 1 N–H and O–H groups in total. The lowest BCUT2D eigenvalue weighted by Gasteiger charge is -2.30. The smallest absolute Gasteiger partial charge is 0.271 e. The molecule has 2 saturated carbocycles. The van der Waals surface area contributed by atoms with Crippen molar-refractivity contribution in [2.75, 3.05) is 13.2 Å². The van der Waals surface area contributed by atoms with E-state index in [0.717, 1.165) is 6.42 Å². The molecule has 0 aromatic rings. The minimum absolute atomic E-state index is 0.190. The van der Waals surface area contributed by atoms with Crippen LogP contribution in [-0.2, 0) is 23.8 Å². The van der Waals surface area contributed by atoms with Crippen LogP contribution in [0, 0.1) is 11.3 Å². The molecule has 118 valence electrons. The second-order valence-corrected chi connectivity index (χ2v) is 8.32. The molecule has 5 unspecified atom stereocenters. The van der Waals surface area contributed by atoms with Gasteiger partial charge in [-0.2, -0.15) is 8.42 Å². The Morgan fingerprint density at radius 2 is 2.24 bits per heavy atom. The summed E-state index contributed by atoms with van der Waals surface area (Å²) in [6.45, 7) is 7.92. The molecule has 21 heavy (non-hydrogen) atoms. The number of nitrogens with one attached hydrogen (secondary N) is 1. The Balaban J connectivity index is 1.57. The van der Waals surface area contributed by atoms with Gasteiger partial charge in [0.15, 0.2) is 0 Å². The quantitative estimate of drug-likeness (QED) is 0.456. The zero-order chi connectivity index (χ0) is 15.4. The number of amides is 1. The van der Waals surface area contributed by atoms with Crippen LogP contribution in [0.5, 0.6) is 0 Å². The van der Waals surface area contributed by atoms with Crippen LogP contribution in [0.4, 0.5) is 0 Å². The van der Waals surface area contributed by atoms with Gasteiger partial charge < -0.3 is 10.1 Å². The lowest BCUT2D eigenvalue weighted by atomic mass is 9.82. The topological polar surface area (TPSA) is 81.7 Å². The third kappa shape index (κ3) is 2.22. The van der Waals surface area contributed by atoms with E-state index in [2.05, 4.69) is 11.9 Å². The highest BCUT2D eigenvalue weighted by Gasteiger charge is 2.71. The van der Waals surface area contributed by atoms with Crippen LogP contribution in [0.3, 0.4) is 0 Å². The standard InChI is InChI=1S/C14H21NO5S/c1-8(2)13(16)15-4-5-19-11-9-6-10-14(3,7-9)12(11)20-21(10,17)18/h9-12H,1,4-7H2,2-3H3,(H,15,16). The molecular formula is C14H21NO5S. The Morgan fingerprint density at radius 3 is 2.90 bits per heavy atom. The van der Waals surface area contributed by atoms with Crippen molar-refractivity contribution < 1.29 is 22.1 Å². The van der Waals surface area contributed by atoms with Gasteiger partial charge in [0.1, 0.15) is 6.10 Å². The van der Waals surface area contributed by atoms with E-state index in [1.54, 1.807) is 6.92 Å². The van der Waals surface area contributed by atoms with Crippen LogP contribution >= 0.6 is 0 Å². The first-order valence-electron chi connectivity index (χ1n) is 7.23. The van der Waals surface area contributed by atoms with Gasteiger partial charge in [-0.05, 0) is 25.7 Å². The van der Waals surface area contributed by atoms with Crippen molar-refractivity contribution in [2.24, 2.45) is 11.3 Å². The fourth-order valence-corrected chi connectivity index (χ4v) is 6.18. The van der Waals surface area contributed by atoms with E-state index >= 15 is 0 Å². The Morgan fingerprint density at radius 1 is 1.52 bits per heavy atom. The van der Waals surface area contributed by atoms with Gasteiger partial charge in [0, 0.05) is 17.5 Å². The van der Waals surface area contributed by atoms with E-state index in [1.165, 1.54) is 0 Å². The molecule has 2 aliphatic carbocycles. The molecule has 5 atom stereocenters. The summed E-state index contributed by atoms with van der Waals surface area (Å²) >= 11 is 0. The fourth-order valence-electron chi connectivity index (χ4n) is 4.05. The lowest BCUT2D eigenvalue weighted by Crippen LogP contribution is -2.42. The predicted molar refractivity (Wildman–Crippen MR) is 76.0 cm³/mol. The molecule has 2 bridgehead atoms. The summed E-state index contributed by atoms with van der Waals surface area (Å²) in [5.41, 5.74) is 0.144. The van der Waals surface area contributed by atoms with Crippen molar-refractivity contribution in [2.45, 2.75) is 44.1 Å². The van der Waals surface area contributed by atoms with Crippen LogP contribution in [0.2, 0.25) is 0 Å². The number of ether oxygens (including phenoxy) is 1. The highest BCUT2D eigenvalue weighted by atomic mass is 32.2. The molecule has 0 aromatic carbocycles. The number of carbonyl (C=O) groups is 1. The first-order valence-corrected chi connectivity index (χ1v) is 8.70. The summed E-state index contributed by atoms with van der Waals surface area (Å²) in [6.07, 6.45) is 0.899. The number of hydrogen-bond donors (Lipinski definition) is 1. The molecule has 3 aliphatic rings. The van der Waals surface area contributed by atoms with Gasteiger partial charge >= 0.3 is 0 Å². The van der Waals surface area contributed by atoms with Crippen molar-refractivity contribution in [3.63, 3.8) is 0 Å². The van der Waals surface area contributed by atoms with Crippen LogP contribution in [0.1, 0.15) is 26.7 Å². The van der Waals surface area contributed by atoms with Crippen LogP contribution in [-0.4, -0.2) is 44.9 Å². The molecule has 0 spiro atoms. The van der Waals surface area contributed by atoms with E-state index < -0.39 is 10.1 Å². The second-order valence-electron chi connectivity index (χ2n) is 6.58. The van der Waals surface area contributed by atoms with Gasteiger partial charge in [0.05, 0.1) is 18.0 Å². The SMILES string of the molecule is C=C(C)C(=O)NCCOC1C2CC3C(C)(C2)C1OS3(=O)=O. The average Bonchev–Trinajstić information content (AvgIpc) is 2.89. The molecule has 6 nitrogen and oxygen atoms in total. The fraction of sp³-hybridized carbons (Fsp3) is 0.786. The summed E-state index contributed by atoms with van der Waals surface area (Å²) in [5, 5.41) is 2.32. The van der Waals surface area contributed by atoms with Crippen LogP contribution < -0.4 is 5.32 Å². The number of rotatable bonds is 5. The van der Waals surface area contributed by atoms with E-state index in [4.69, 9.17) is 8.92 Å². The summed E-state index contributed by atoms with van der Waals surface area (Å²) < 4.78 is 35.1. The molecule has 7 heteroatoms. The normalized spacial score (nSPS) is 42.2. The van der Waals surface area contributed by atoms with E-state index in [-0.39, 0.29) is 34.7 Å². The summed E-state index contributed by atoms with van der Waals surface area (Å²) in [6, 6.07) is 0. The highest BCUT2D eigenvalue weighted by molar-refractivity contribution is 7.87. The molecule has 0 radical (unpaired) electrons. The molecule has 1 amide bonds. The summed E-state index contributed by atoms with van der Waals surface area (Å²) in [5.74, 6) is 0.0392. The lowest BCUT2D eigenvalue weighted by molar-refractivity contribution is -0.118. The Kier molecular flexibility index (Phi) is 3.42. The first-order chi connectivity index (χ1) is 9.75. The zero-order valence-corrected chi connectivity index (χ0v) is 13.1. The van der Waals surface area contributed by atoms with Crippen molar-refractivity contribution in [1.82, 2.24) is 5.32 Å². The van der Waals surface area contributed by atoms with Gasteiger partial charge in [-0.3, -0.25) is 8.98 Å². The molecule has 3 fully saturated rings. The van der Waals surface area contributed by atoms with Crippen molar-refractivity contribution in [1.29, 1.82) is 0 Å². The Labute approximate surface area is 125 Å². The summed E-state index contributed by atoms with van der Waals surface area (Å²) in [7, 11) is -3.44. The average molecular weight is 315 g/mol. The molecule has 1 heterocycles. The van der Waals surface area contributed by atoms with E-state index in [9.17, 15) is 13.2 Å². The van der Waals surface area contributed by atoms with Crippen molar-refractivity contribution in [3.8, 4) is 0 Å². The van der Waals surface area contributed by atoms with Gasteiger partial charge in [-0.25, -0.2) is 0 Å². The molecule has 1 aliphatic heterocycles. The second kappa shape index (κ2) is 4.79. The Hall–Kier alpha value is -0.920. The van der Waals surface area contributed by atoms with Gasteiger partial charge in [-0.15, -0.1) is 0 Å². The molecule has 3 rings (SSSR count). The van der Waals surface area contributed by atoms with Gasteiger partial charge in [-0.1, -0.05) is 13.5 Å². The minimum Gasteiger partial charge on any atom is -0.373 e. The number of fused-ring (bicyclic) bond motifs is 1. The van der Waals surface area contributed by atoms with Crippen molar-refractivity contribution in [3.05, 3.63) is 12.2 Å². The number of hydrogen-bond acceptors (Lipinski definition) is 5. The maximum Gasteiger partial charge on any atom is 0.271 e. The monoisotopic (exact) mass is 315 g/mol. The van der Waals surface area contributed by atoms with Gasteiger partial charge in [0.2, 0.25) is 5.91 Å². The molecule has 0 aromatic heterocycles. The van der Waals surface area contributed by atoms with Gasteiger partial charge in [0.25, 0.3) is 10.1 Å². The molecular weight excluding hydrogens is 294 g/mol. The van der Waals surface area contributed by atoms with Crippen molar-refractivity contribution >= 4 is 16.0 Å². The summed E-state index contributed by atoms with van der Waals surface area (Å²) in [4.78, 5) is 11.4. The maximum atomic E-state index is 12.0. The van der Waals surface area contributed by atoms with E-state index in [1.807, 2.05) is 6.92 Å². The van der Waals surface area contributed by atoms with Crippen LogP contribution in [0.15, 0.2) is 12.2 Å². The first kappa shape index (κ1) is 15.0. The van der Waals surface area contributed by atoms with Crippen LogP contribution in [0.25, 0.3) is 0 Å². The largest absolute Gasteiger partial charge is 0.373 e. The number of carbonyl (C=O) groups excluding carboxylic acids is 1. The predicted octanol–water partition coefficient (Wildman–Crippen LogP) is 0.591. The highest BCUT2D eigenvalue weighted by Crippen LogP contribution is 2.62. The minimum atomic E-state index is -3.44.